The van der Waals surface area contributed by atoms with Crippen molar-refractivity contribution >= 4 is 17.5 Å². The Kier molecular flexibility index (Phi) is 7.96. The Balaban J connectivity index is 1.42. The Morgan fingerprint density at radius 3 is 2.68 bits per heavy atom. The van der Waals surface area contributed by atoms with Gasteiger partial charge in [0.2, 0.25) is 5.91 Å². The van der Waals surface area contributed by atoms with Crippen molar-refractivity contribution in [1.82, 2.24) is 9.97 Å². The van der Waals surface area contributed by atoms with Crippen LogP contribution in [0.4, 0.5) is 11.6 Å². The molecule has 7 nitrogen and oxygen atoms in total. The molecule has 1 fully saturated rings. The molecule has 0 spiro atoms. The van der Waals surface area contributed by atoms with Gasteiger partial charge in [-0.3, -0.25) is 9.78 Å². The van der Waals surface area contributed by atoms with Gasteiger partial charge >= 0.3 is 0 Å². The summed E-state index contributed by atoms with van der Waals surface area (Å²) in [6.45, 7) is 8.03. The lowest BCUT2D eigenvalue weighted by Gasteiger charge is -2.33. The Morgan fingerprint density at radius 2 is 1.91 bits per heavy atom. The van der Waals surface area contributed by atoms with Crippen LogP contribution in [0.25, 0.3) is 0 Å². The minimum atomic E-state index is -0.343. The summed E-state index contributed by atoms with van der Waals surface area (Å²) >= 11 is 0. The normalized spacial score (nSPS) is 16.5. The first kappa shape index (κ1) is 23.5. The summed E-state index contributed by atoms with van der Waals surface area (Å²) in [5, 5.41) is 2.92. The monoisotopic (exact) mass is 459 g/mol. The number of aromatic nitrogens is 2. The van der Waals surface area contributed by atoms with Crippen LogP contribution >= 0.6 is 0 Å². The minimum Gasteiger partial charge on any atom is -0.490 e. The first-order valence-corrected chi connectivity index (χ1v) is 11.8. The number of carbonyl (C=O) groups excluding carboxylic acids is 1. The van der Waals surface area contributed by atoms with E-state index in [4.69, 9.17) is 9.47 Å². The summed E-state index contributed by atoms with van der Waals surface area (Å²) in [6, 6.07) is 17.4. The predicted molar refractivity (Wildman–Crippen MR) is 133 cm³/mol. The molecule has 1 aliphatic rings. The molecule has 34 heavy (non-hydrogen) atoms. The molecule has 0 bridgehead atoms. The maximum Gasteiger partial charge on any atom is 0.233 e. The van der Waals surface area contributed by atoms with Gasteiger partial charge in [0.05, 0.1) is 31.5 Å². The summed E-state index contributed by atoms with van der Waals surface area (Å²) in [5.74, 6) is 2.18. The largest absolute Gasteiger partial charge is 0.490 e. The van der Waals surface area contributed by atoms with E-state index in [9.17, 15) is 4.79 Å². The minimum absolute atomic E-state index is 0.00373. The highest BCUT2D eigenvalue weighted by Gasteiger charge is 2.24. The van der Waals surface area contributed by atoms with Gasteiger partial charge in [-0.2, -0.15) is 0 Å². The smallest absolute Gasteiger partial charge is 0.233 e. The van der Waals surface area contributed by atoms with Crippen LogP contribution in [0.3, 0.4) is 0 Å². The van der Waals surface area contributed by atoms with Gasteiger partial charge in [0.15, 0.2) is 17.3 Å². The molecule has 1 saturated heterocycles. The number of nitrogens with one attached hydrogen (secondary N) is 1. The predicted octanol–water partition coefficient (Wildman–Crippen LogP) is 4.87. The zero-order valence-corrected chi connectivity index (χ0v) is 19.5. The molecule has 2 atom stereocenters. The third kappa shape index (κ3) is 5.84. The summed E-state index contributed by atoms with van der Waals surface area (Å²) in [7, 11) is 0. The summed E-state index contributed by atoms with van der Waals surface area (Å²) in [4.78, 5) is 24.0. The third-order valence-electron chi connectivity index (χ3n) is 5.82. The van der Waals surface area contributed by atoms with Crippen molar-refractivity contribution in [3.05, 3.63) is 79.5 Å². The molecule has 1 radical (unpaired) electrons. The van der Waals surface area contributed by atoms with Crippen LogP contribution in [0.2, 0.25) is 0 Å². The third-order valence-corrected chi connectivity index (χ3v) is 5.82. The van der Waals surface area contributed by atoms with E-state index in [-0.39, 0.29) is 17.9 Å². The van der Waals surface area contributed by atoms with Gasteiger partial charge in [0.25, 0.3) is 0 Å². The van der Waals surface area contributed by atoms with Crippen LogP contribution in [0.1, 0.15) is 37.7 Å². The molecule has 4 rings (SSSR count). The number of hydrogen-bond acceptors (Lipinski definition) is 6. The number of carbonyl (C=O) groups is 1. The average Bonchev–Trinajstić information content (AvgIpc) is 2.87. The second-order valence-corrected chi connectivity index (χ2v) is 8.21. The topological polar surface area (TPSA) is 76.6 Å². The number of piperidine rings is 1. The van der Waals surface area contributed by atoms with Gasteiger partial charge in [-0.1, -0.05) is 49.4 Å². The van der Waals surface area contributed by atoms with Crippen LogP contribution in [0.15, 0.2) is 67.0 Å². The first-order chi connectivity index (χ1) is 16.7. The summed E-state index contributed by atoms with van der Waals surface area (Å²) < 4.78 is 12.0. The number of hydrogen-bond donors (Lipinski definition) is 1. The van der Waals surface area contributed by atoms with Crippen LogP contribution < -0.4 is 19.7 Å². The fourth-order valence-corrected chi connectivity index (χ4v) is 4.16. The molecule has 0 saturated carbocycles. The molecule has 177 valence electrons. The molecule has 3 aromatic rings. The van der Waals surface area contributed by atoms with Gasteiger partial charge < -0.3 is 19.7 Å². The fraction of sp³-hybridized carbons (Fsp3) is 0.333. The van der Waals surface area contributed by atoms with Crippen LogP contribution in [-0.2, 0) is 4.79 Å². The van der Waals surface area contributed by atoms with Gasteiger partial charge in [0.1, 0.15) is 11.9 Å². The lowest BCUT2D eigenvalue weighted by molar-refractivity contribution is -0.117. The van der Waals surface area contributed by atoms with Gasteiger partial charge in [0, 0.05) is 6.54 Å². The van der Waals surface area contributed by atoms with E-state index < -0.39 is 0 Å². The molecule has 1 amide bonds. The van der Waals surface area contributed by atoms with Gasteiger partial charge in [-0.15, -0.1) is 0 Å². The van der Waals surface area contributed by atoms with Crippen molar-refractivity contribution in [3.63, 3.8) is 0 Å². The van der Waals surface area contributed by atoms with Crippen molar-refractivity contribution in [1.29, 1.82) is 0 Å². The highest BCUT2D eigenvalue weighted by Crippen LogP contribution is 2.30. The molecule has 1 aromatic heterocycles. The Bertz CT molecular complexity index is 1080. The van der Waals surface area contributed by atoms with E-state index in [1.54, 1.807) is 12.4 Å². The molecule has 2 aromatic carbocycles. The molecule has 1 aliphatic heterocycles. The second-order valence-electron chi connectivity index (χ2n) is 8.21. The molecule has 1 unspecified atom stereocenters. The maximum absolute atomic E-state index is 12.9. The van der Waals surface area contributed by atoms with Crippen LogP contribution in [0, 0.1) is 6.92 Å². The lowest BCUT2D eigenvalue weighted by atomic mass is 9.96. The van der Waals surface area contributed by atoms with Crippen molar-refractivity contribution in [3.8, 4) is 11.5 Å². The number of anilines is 2. The fourth-order valence-electron chi connectivity index (χ4n) is 4.16. The van der Waals surface area contributed by atoms with Crippen molar-refractivity contribution in [2.75, 3.05) is 29.9 Å². The van der Waals surface area contributed by atoms with Crippen LogP contribution in [0.5, 0.6) is 11.5 Å². The number of rotatable bonds is 9. The molecule has 0 aliphatic carbocycles. The van der Waals surface area contributed by atoms with E-state index in [1.807, 2.05) is 61.5 Å². The van der Waals surface area contributed by atoms with E-state index in [1.165, 1.54) is 0 Å². The molecular weight excluding hydrogens is 428 g/mol. The van der Waals surface area contributed by atoms with Crippen molar-refractivity contribution in [2.45, 2.75) is 38.2 Å². The zero-order valence-electron chi connectivity index (χ0n) is 19.5. The number of para-hydroxylation sites is 2. The van der Waals surface area contributed by atoms with Gasteiger partial charge in [-0.05, 0) is 43.9 Å². The summed E-state index contributed by atoms with van der Waals surface area (Å²) in [5.41, 5.74) is 0.933. The maximum atomic E-state index is 12.9. The lowest BCUT2D eigenvalue weighted by Crippen LogP contribution is -2.41. The van der Waals surface area contributed by atoms with E-state index in [0.29, 0.717) is 25.4 Å². The molecule has 1 N–H and O–H groups in total. The SMILES string of the molecule is [CH2]CC(C(=O)Nc1cncc(N2CCC[C@@H](Oc3ccccc3OCC)C2)n1)c1ccccc1. The van der Waals surface area contributed by atoms with E-state index >= 15 is 0 Å². The highest BCUT2D eigenvalue weighted by atomic mass is 16.5. The number of benzene rings is 2. The Morgan fingerprint density at radius 1 is 1.15 bits per heavy atom. The quantitative estimate of drug-likeness (QED) is 0.492. The van der Waals surface area contributed by atoms with E-state index in [0.717, 1.165) is 42.3 Å². The van der Waals surface area contributed by atoms with E-state index in [2.05, 4.69) is 27.1 Å². The van der Waals surface area contributed by atoms with Crippen molar-refractivity contribution in [2.24, 2.45) is 0 Å². The second kappa shape index (κ2) is 11.5. The standard InChI is InChI=1S/C27H31N4O3/c1-3-22(20-11-6-5-7-12-20)27(32)30-25-17-28-18-26(29-25)31-16-10-13-21(19-31)34-24-15-9-8-14-23(24)33-4-2/h5-9,11-12,14-15,17-18,21-22H,1,3-4,10,13,16,19H2,2H3,(H,29,30,32)/t21-,22?/m1/s1. The van der Waals surface area contributed by atoms with Crippen molar-refractivity contribution < 1.29 is 14.3 Å². The Labute approximate surface area is 201 Å². The zero-order chi connectivity index (χ0) is 23.8. The first-order valence-electron chi connectivity index (χ1n) is 11.8. The van der Waals surface area contributed by atoms with Crippen LogP contribution in [-0.4, -0.2) is 41.7 Å². The molecule has 2 heterocycles. The number of ether oxygens (including phenoxy) is 2. The number of nitrogens with zero attached hydrogens (tertiary/aromatic N) is 3. The average molecular weight is 460 g/mol. The molecule has 7 heteroatoms. The number of amides is 1. The van der Waals surface area contributed by atoms with Gasteiger partial charge in [-0.25, -0.2) is 4.98 Å². The Hall–Kier alpha value is -3.61. The highest BCUT2D eigenvalue weighted by molar-refractivity contribution is 5.95. The summed E-state index contributed by atoms with van der Waals surface area (Å²) in [6.07, 6.45) is 5.67. The molecular formula is C27H31N4O3.